The molecule has 0 atom stereocenters. The molecular formula is C24H23N3. The lowest BCUT2D eigenvalue weighted by atomic mass is 9.97. The van der Waals surface area contributed by atoms with Gasteiger partial charge in [0, 0.05) is 12.1 Å². The molecule has 0 fully saturated rings. The summed E-state index contributed by atoms with van der Waals surface area (Å²) in [6.07, 6.45) is 3.95. The van der Waals surface area contributed by atoms with E-state index in [4.69, 9.17) is 0 Å². The van der Waals surface area contributed by atoms with Crippen LogP contribution in [-0.2, 0) is 19.4 Å². The Balaban J connectivity index is 1.28. The van der Waals surface area contributed by atoms with Crippen LogP contribution in [-0.4, -0.2) is 15.5 Å². The van der Waals surface area contributed by atoms with Gasteiger partial charge in [0.2, 0.25) is 0 Å². The summed E-state index contributed by atoms with van der Waals surface area (Å²) in [6.45, 7) is 3.23. The molecule has 4 aromatic rings. The molecule has 3 heteroatoms. The Kier molecular flexibility index (Phi) is 3.83. The normalized spacial score (nSPS) is 15.1. The Morgan fingerprint density at radius 1 is 0.926 bits per heavy atom. The summed E-state index contributed by atoms with van der Waals surface area (Å²) in [5.74, 6) is 0. The van der Waals surface area contributed by atoms with Crippen molar-refractivity contribution >= 4 is 11.0 Å². The van der Waals surface area contributed by atoms with Crippen molar-refractivity contribution in [2.45, 2.75) is 31.8 Å². The molecule has 3 nitrogen and oxygen atoms in total. The number of nitrogens with one attached hydrogen (secondary N) is 2. The fraction of sp³-hybridized carbons (Fsp3) is 0.208. The van der Waals surface area contributed by atoms with E-state index in [2.05, 4.69) is 88.9 Å². The Hall–Kier alpha value is -2.91. The van der Waals surface area contributed by atoms with Gasteiger partial charge in [0.15, 0.2) is 0 Å². The van der Waals surface area contributed by atoms with Gasteiger partial charge in [0.1, 0.15) is 0 Å². The summed E-state index contributed by atoms with van der Waals surface area (Å²) in [6, 6.07) is 24.0. The average molecular weight is 353 g/mol. The fourth-order valence-electron chi connectivity index (χ4n) is 4.18. The second-order valence-electron chi connectivity index (χ2n) is 7.87. The fourth-order valence-corrected chi connectivity index (χ4v) is 4.18. The lowest BCUT2D eigenvalue weighted by Gasteiger charge is -2.25. The molecule has 0 bridgehead atoms. The van der Waals surface area contributed by atoms with Gasteiger partial charge >= 0.3 is 0 Å². The van der Waals surface area contributed by atoms with Crippen molar-refractivity contribution in [3.8, 4) is 11.1 Å². The maximum absolute atomic E-state index is 4.29. The standard InChI is InChI=1S/C24H23N3/c1-24(13-20-4-2-3-5-21(20)14-24)27-15-17-6-8-18(9-7-17)19-10-11-22-23(12-19)26-16-25-22/h2-12,16,27H,13-15H2,1H3,(H,25,26). The highest BCUT2D eigenvalue weighted by molar-refractivity contribution is 5.81. The van der Waals surface area contributed by atoms with Crippen molar-refractivity contribution in [3.05, 3.63) is 89.7 Å². The van der Waals surface area contributed by atoms with E-state index in [-0.39, 0.29) is 5.54 Å². The second-order valence-corrected chi connectivity index (χ2v) is 7.87. The van der Waals surface area contributed by atoms with Crippen molar-refractivity contribution in [3.63, 3.8) is 0 Å². The van der Waals surface area contributed by atoms with E-state index >= 15 is 0 Å². The molecule has 2 N–H and O–H groups in total. The number of benzene rings is 3. The molecule has 0 aliphatic heterocycles. The van der Waals surface area contributed by atoms with Crippen molar-refractivity contribution < 1.29 is 0 Å². The lowest BCUT2D eigenvalue weighted by molar-refractivity contribution is 0.370. The highest BCUT2D eigenvalue weighted by Gasteiger charge is 2.31. The Bertz CT molecular complexity index is 1070. The second kappa shape index (κ2) is 6.36. The first-order chi connectivity index (χ1) is 13.2. The van der Waals surface area contributed by atoms with E-state index in [1.54, 1.807) is 6.33 Å². The van der Waals surface area contributed by atoms with Crippen LogP contribution in [0.15, 0.2) is 73.1 Å². The maximum atomic E-state index is 4.29. The van der Waals surface area contributed by atoms with Crippen molar-refractivity contribution in [1.82, 2.24) is 15.3 Å². The summed E-state index contributed by atoms with van der Waals surface area (Å²) in [4.78, 5) is 7.47. The molecule has 0 unspecified atom stereocenters. The Morgan fingerprint density at radius 3 is 2.37 bits per heavy atom. The summed E-state index contributed by atoms with van der Waals surface area (Å²) in [5, 5.41) is 3.79. The van der Waals surface area contributed by atoms with Crippen LogP contribution in [0, 0.1) is 0 Å². The van der Waals surface area contributed by atoms with Crippen molar-refractivity contribution in [1.29, 1.82) is 0 Å². The molecule has 0 saturated heterocycles. The van der Waals surface area contributed by atoms with Crippen LogP contribution in [0.5, 0.6) is 0 Å². The molecule has 5 rings (SSSR count). The van der Waals surface area contributed by atoms with E-state index in [9.17, 15) is 0 Å². The van der Waals surface area contributed by atoms with Gasteiger partial charge in [-0.15, -0.1) is 0 Å². The first kappa shape index (κ1) is 16.3. The predicted octanol–water partition coefficient (Wildman–Crippen LogP) is 4.88. The van der Waals surface area contributed by atoms with E-state index in [1.165, 1.54) is 27.8 Å². The molecule has 1 aliphatic rings. The summed E-state index contributed by atoms with van der Waals surface area (Å²) in [5.41, 5.74) is 8.96. The van der Waals surface area contributed by atoms with Gasteiger partial charge in [-0.25, -0.2) is 4.98 Å². The molecule has 0 saturated carbocycles. The number of rotatable bonds is 4. The van der Waals surface area contributed by atoms with Gasteiger partial charge in [0.25, 0.3) is 0 Å². The topological polar surface area (TPSA) is 40.7 Å². The number of aromatic nitrogens is 2. The van der Waals surface area contributed by atoms with Crippen LogP contribution >= 0.6 is 0 Å². The summed E-state index contributed by atoms with van der Waals surface area (Å²) in [7, 11) is 0. The van der Waals surface area contributed by atoms with Gasteiger partial charge < -0.3 is 10.3 Å². The van der Waals surface area contributed by atoms with Crippen LogP contribution in [0.1, 0.15) is 23.6 Å². The smallest absolute Gasteiger partial charge is 0.0931 e. The molecule has 0 radical (unpaired) electrons. The number of hydrogen-bond acceptors (Lipinski definition) is 2. The minimum absolute atomic E-state index is 0.147. The zero-order chi connectivity index (χ0) is 18.3. The van der Waals surface area contributed by atoms with E-state index in [0.717, 1.165) is 30.4 Å². The third-order valence-electron chi connectivity index (χ3n) is 5.71. The zero-order valence-corrected chi connectivity index (χ0v) is 15.5. The van der Waals surface area contributed by atoms with E-state index < -0.39 is 0 Å². The van der Waals surface area contributed by atoms with Gasteiger partial charge in [-0.05, 0) is 59.7 Å². The predicted molar refractivity (Wildman–Crippen MR) is 111 cm³/mol. The number of aromatic amines is 1. The largest absolute Gasteiger partial charge is 0.345 e. The van der Waals surface area contributed by atoms with Gasteiger partial charge in [0.05, 0.1) is 17.4 Å². The number of nitrogens with zero attached hydrogens (tertiary/aromatic N) is 1. The Morgan fingerprint density at radius 2 is 1.63 bits per heavy atom. The van der Waals surface area contributed by atoms with Crippen LogP contribution in [0.25, 0.3) is 22.2 Å². The van der Waals surface area contributed by atoms with Gasteiger partial charge in [-0.2, -0.15) is 0 Å². The number of H-pyrrole nitrogens is 1. The van der Waals surface area contributed by atoms with Gasteiger partial charge in [-0.3, -0.25) is 0 Å². The van der Waals surface area contributed by atoms with Crippen LogP contribution in [0.4, 0.5) is 0 Å². The summed E-state index contributed by atoms with van der Waals surface area (Å²) < 4.78 is 0. The quantitative estimate of drug-likeness (QED) is 0.549. The molecule has 134 valence electrons. The molecule has 1 aromatic heterocycles. The lowest BCUT2D eigenvalue weighted by Crippen LogP contribution is -2.42. The van der Waals surface area contributed by atoms with Crippen LogP contribution in [0.2, 0.25) is 0 Å². The third-order valence-corrected chi connectivity index (χ3v) is 5.71. The monoisotopic (exact) mass is 353 g/mol. The molecule has 1 heterocycles. The first-order valence-electron chi connectivity index (χ1n) is 9.53. The molecule has 3 aromatic carbocycles. The van der Waals surface area contributed by atoms with E-state index in [1.807, 2.05) is 0 Å². The molecular weight excluding hydrogens is 330 g/mol. The molecule has 27 heavy (non-hydrogen) atoms. The van der Waals surface area contributed by atoms with Crippen LogP contribution < -0.4 is 5.32 Å². The van der Waals surface area contributed by atoms with Crippen LogP contribution in [0.3, 0.4) is 0 Å². The Labute approximate surface area is 159 Å². The highest BCUT2D eigenvalue weighted by atomic mass is 15.0. The minimum Gasteiger partial charge on any atom is -0.345 e. The molecule has 0 amide bonds. The third kappa shape index (κ3) is 3.15. The maximum Gasteiger partial charge on any atom is 0.0931 e. The average Bonchev–Trinajstić information content (AvgIpc) is 3.29. The number of fused-ring (bicyclic) bond motifs is 2. The minimum atomic E-state index is 0.147. The van der Waals surface area contributed by atoms with E-state index in [0.29, 0.717) is 0 Å². The molecule has 0 spiro atoms. The number of hydrogen-bond donors (Lipinski definition) is 2. The summed E-state index contributed by atoms with van der Waals surface area (Å²) >= 11 is 0. The van der Waals surface area contributed by atoms with Crippen molar-refractivity contribution in [2.24, 2.45) is 0 Å². The highest BCUT2D eigenvalue weighted by Crippen LogP contribution is 2.30. The SMILES string of the molecule is CC1(NCc2ccc(-c3ccc4nc[nH]c4c3)cc2)Cc2ccccc2C1. The first-order valence-corrected chi connectivity index (χ1v) is 9.53. The molecule has 1 aliphatic carbocycles. The van der Waals surface area contributed by atoms with Gasteiger partial charge in [-0.1, -0.05) is 54.6 Å². The van der Waals surface area contributed by atoms with Crippen molar-refractivity contribution in [2.75, 3.05) is 0 Å². The zero-order valence-electron chi connectivity index (χ0n) is 15.5. The number of imidazole rings is 1.